The van der Waals surface area contributed by atoms with Crippen molar-refractivity contribution in [2.75, 3.05) is 26.4 Å². The number of allylic oxidation sites excluding steroid dienone is 4. The van der Waals surface area contributed by atoms with E-state index in [1.807, 2.05) is 71.9 Å². The van der Waals surface area contributed by atoms with Gasteiger partial charge in [-0.3, -0.25) is 9.98 Å². The summed E-state index contributed by atoms with van der Waals surface area (Å²) in [7, 11) is 3.07. The molecular formula is C46H65ClF2N6O2. The molecule has 57 heavy (non-hydrogen) atoms. The lowest BCUT2D eigenvalue weighted by Gasteiger charge is -2.38. The number of halogens is 3. The Kier molecular flexibility index (Phi) is 21.5. The van der Waals surface area contributed by atoms with E-state index in [9.17, 15) is 13.9 Å². The first-order chi connectivity index (χ1) is 27.3. The van der Waals surface area contributed by atoms with Gasteiger partial charge in [-0.15, -0.1) is 12.8 Å². The number of nitrogens with one attached hydrogen (secondary N) is 1. The monoisotopic (exact) mass is 806 g/mol. The number of pyridine rings is 2. The standard InChI is InChI=1S/C39H46ClF2N5O2.2C2H6.C2H2.CH5N/c1-7-33(24-14-25(20-44-28-12-13-28)36(43)34(15-24)49-6)46-22-39(48,26-10-9-11-27(42)16-26)35-18-31(38(4,5)8-2)23(3)37(47-35)30-17-29(19-41)45-21-32(30)40;4*1-2/h7,9-11,14-15,17-18,20-21,26,28,46,48H,8,12-13,16,19,22,43H2,1-6H3;2*1-2H3;1-2H;2H2,1H3. The lowest BCUT2D eigenvalue weighted by molar-refractivity contribution is -0.00773. The number of aliphatic imine (C=N–C) groups is 1. The molecule has 3 aromatic rings. The quantitative estimate of drug-likeness (QED) is 0.0768. The number of terminal acetylenes is 1. The summed E-state index contributed by atoms with van der Waals surface area (Å²) in [5.74, 6) is -0.502. The van der Waals surface area contributed by atoms with E-state index in [1.54, 1.807) is 25.5 Å². The van der Waals surface area contributed by atoms with Crippen LogP contribution in [0.1, 0.15) is 115 Å². The predicted molar refractivity (Wildman–Crippen MR) is 238 cm³/mol. The normalized spacial score (nSPS) is 15.9. The summed E-state index contributed by atoms with van der Waals surface area (Å²) < 4.78 is 34.3. The molecule has 2 heterocycles. The molecule has 5 rings (SSSR count). The minimum Gasteiger partial charge on any atom is -0.495 e. The SMILES string of the molecule is C#C.CC.CC.CC=C(NCC(O)(c1cc(C(C)(C)CC)c(C)c(-c2cc(CF)ncc2Cl)n1)C1C=CC=C(F)C1)c1cc(C=NC2CC2)c(N)c(OC)c1.CN. The summed E-state index contributed by atoms with van der Waals surface area (Å²) in [6.07, 6.45) is 20.9. The molecular weight excluding hydrogens is 742 g/mol. The fraction of sp³-hybridized carbons (Fsp3) is 0.457. The summed E-state index contributed by atoms with van der Waals surface area (Å²) in [5, 5.41) is 16.7. The molecule has 1 aromatic carbocycles. The molecule has 0 spiro atoms. The van der Waals surface area contributed by atoms with Gasteiger partial charge in [0.05, 0.1) is 40.9 Å². The van der Waals surface area contributed by atoms with Gasteiger partial charge in [0.15, 0.2) is 0 Å². The average Bonchev–Trinajstić information content (AvgIpc) is 4.09. The Morgan fingerprint density at radius 1 is 1.14 bits per heavy atom. The van der Waals surface area contributed by atoms with Gasteiger partial charge in [0.1, 0.15) is 23.9 Å². The number of hydrogen-bond donors (Lipinski definition) is 4. The molecule has 2 aromatic heterocycles. The zero-order chi connectivity index (χ0) is 43.5. The number of aromatic nitrogens is 2. The Morgan fingerprint density at radius 3 is 2.33 bits per heavy atom. The number of nitrogens with zero attached hydrogens (tertiary/aromatic N) is 3. The number of aliphatic hydroxyl groups is 1. The van der Waals surface area contributed by atoms with Crippen LogP contribution in [0.25, 0.3) is 17.0 Å². The van der Waals surface area contributed by atoms with Crippen LogP contribution in [0, 0.1) is 25.7 Å². The van der Waals surface area contributed by atoms with Crippen molar-refractivity contribution >= 4 is 29.2 Å². The number of hydrogen-bond acceptors (Lipinski definition) is 8. The first kappa shape index (κ1) is 50.5. The van der Waals surface area contributed by atoms with Crippen molar-refractivity contribution in [2.45, 2.75) is 112 Å². The van der Waals surface area contributed by atoms with E-state index in [-0.39, 0.29) is 29.9 Å². The van der Waals surface area contributed by atoms with E-state index in [4.69, 9.17) is 27.1 Å². The average molecular weight is 808 g/mol. The third-order valence-electron chi connectivity index (χ3n) is 9.80. The Balaban J connectivity index is 0.00000191. The van der Waals surface area contributed by atoms with E-state index in [0.717, 1.165) is 41.5 Å². The van der Waals surface area contributed by atoms with E-state index in [1.165, 1.54) is 19.3 Å². The molecule has 312 valence electrons. The highest BCUT2D eigenvalue weighted by Crippen LogP contribution is 2.43. The van der Waals surface area contributed by atoms with Gasteiger partial charge >= 0.3 is 0 Å². The summed E-state index contributed by atoms with van der Waals surface area (Å²) in [4.78, 5) is 13.8. The number of anilines is 1. The second-order valence-corrected chi connectivity index (χ2v) is 13.9. The Hall–Kier alpha value is -4.56. The van der Waals surface area contributed by atoms with E-state index in [0.29, 0.717) is 45.1 Å². The van der Waals surface area contributed by atoms with E-state index >= 15 is 0 Å². The highest BCUT2D eigenvalue weighted by molar-refractivity contribution is 6.33. The van der Waals surface area contributed by atoms with Crippen molar-refractivity contribution in [2.24, 2.45) is 16.6 Å². The van der Waals surface area contributed by atoms with Crippen molar-refractivity contribution in [3.05, 3.63) is 99.3 Å². The largest absolute Gasteiger partial charge is 0.495 e. The number of benzene rings is 1. The molecule has 0 bridgehead atoms. The van der Waals surface area contributed by atoms with Crippen molar-refractivity contribution in [3.63, 3.8) is 0 Å². The maximum absolute atomic E-state index is 14.9. The van der Waals surface area contributed by atoms with Crippen molar-refractivity contribution in [1.29, 1.82) is 0 Å². The predicted octanol–water partition coefficient (Wildman–Crippen LogP) is 10.6. The van der Waals surface area contributed by atoms with Crippen LogP contribution in [-0.4, -0.2) is 48.0 Å². The lowest BCUT2D eigenvalue weighted by atomic mass is 9.75. The summed E-state index contributed by atoms with van der Waals surface area (Å²) in [5.41, 5.74) is 15.0. The van der Waals surface area contributed by atoms with Gasteiger partial charge in [-0.1, -0.05) is 78.3 Å². The molecule has 11 heteroatoms. The second kappa shape index (κ2) is 24.3. The lowest BCUT2D eigenvalue weighted by Crippen LogP contribution is -2.45. The number of methoxy groups -OCH3 is 1. The van der Waals surface area contributed by atoms with Gasteiger partial charge in [0, 0.05) is 53.7 Å². The van der Waals surface area contributed by atoms with Gasteiger partial charge in [-0.25, -0.2) is 13.8 Å². The molecule has 0 aliphatic heterocycles. The third kappa shape index (κ3) is 12.7. The maximum atomic E-state index is 14.9. The summed E-state index contributed by atoms with van der Waals surface area (Å²) in [6.45, 7) is 17.4. The zero-order valence-electron chi connectivity index (χ0n) is 35.8. The fourth-order valence-corrected chi connectivity index (χ4v) is 6.39. The molecule has 1 fully saturated rings. The summed E-state index contributed by atoms with van der Waals surface area (Å²) >= 11 is 6.67. The van der Waals surface area contributed by atoms with Crippen LogP contribution in [0.15, 0.2) is 65.6 Å². The van der Waals surface area contributed by atoms with Gasteiger partial charge in [0.2, 0.25) is 0 Å². The molecule has 2 aliphatic carbocycles. The molecule has 6 N–H and O–H groups in total. The van der Waals surface area contributed by atoms with Crippen LogP contribution in [0.4, 0.5) is 14.5 Å². The van der Waals surface area contributed by atoms with Crippen LogP contribution in [-0.2, 0) is 17.7 Å². The first-order valence-electron chi connectivity index (χ1n) is 19.7. The number of rotatable bonds is 13. The molecule has 0 radical (unpaired) electrons. The molecule has 0 saturated heterocycles. The maximum Gasteiger partial charge on any atom is 0.143 e. The van der Waals surface area contributed by atoms with Crippen LogP contribution < -0.4 is 21.5 Å². The van der Waals surface area contributed by atoms with Crippen molar-refractivity contribution in [1.82, 2.24) is 15.3 Å². The summed E-state index contributed by atoms with van der Waals surface area (Å²) in [6, 6.07) is 7.62. The third-order valence-corrected chi connectivity index (χ3v) is 10.1. The number of nitrogen functional groups attached to an aromatic ring is 1. The van der Waals surface area contributed by atoms with Crippen molar-refractivity contribution < 1.29 is 18.6 Å². The molecule has 1 saturated carbocycles. The van der Waals surface area contributed by atoms with E-state index in [2.05, 4.69) is 54.6 Å². The van der Waals surface area contributed by atoms with Gasteiger partial charge in [-0.2, -0.15) is 0 Å². The highest BCUT2D eigenvalue weighted by atomic mass is 35.5. The fourth-order valence-electron chi connectivity index (χ4n) is 6.19. The van der Waals surface area contributed by atoms with Gasteiger partial charge in [0.25, 0.3) is 0 Å². The number of ether oxygens (including phenoxy) is 1. The Labute approximate surface area is 346 Å². The Morgan fingerprint density at radius 2 is 1.79 bits per heavy atom. The molecule has 2 atom stereocenters. The van der Waals surface area contributed by atoms with Crippen LogP contribution in [0.3, 0.4) is 0 Å². The minimum absolute atomic E-state index is 0.0171. The second-order valence-electron chi connectivity index (χ2n) is 13.5. The molecule has 0 amide bonds. The molecule has 2 aliphatic rings. The zero-order valence-corrected chi connectivity index (χ0v) is 36.6. The Bertz CT molecular complexity index is 1880. The van der Waals surface area contributed by atoms with Crippen LogP contribution in [0.5, 0.6) is 5.75 Å². The minimum atomic E-state index is -1.70. The highest BCUT2D eigenvalue weighted by Gasteiger charge is 2.41. The molecule has 8 nitrogen and oxygen atoms in total. The number of alkyl halides is 1. The van der Waals surface area contributed by atoms with Gasteiger partial charge in [-0.05, 0) is 87.0 Å². The van der Waals surface area contributed by atoms with E-state index < -0.39 is 18.2 Å². The molecule has 2 unspecified atom stereocenters. The van der Waals surface area contributed by atoms with Crippen molar-refractivity contribution in [3.8, 4) is 29.9 Å². The smallest absolute Gasteiger partial charge is 0.143 e. The van der Waals surface area contributed by atoms with Crippen LogP contribution >= 0.6 is 11.6 Å². The topological polar surface area (TPSA) is 132 Å². The first-order valence-corrected chi connectivity index (χ1v) is 20.0. The van der Waals surface area contributed by atoms with Gasteiger partial charge < -0.3 is 26.6 Å². The van der Waals surface area contributed by atoms with Crippen LogP contribution in [0.2, 0.25) is 5.02 Å². The number of nitrogens with two attached hydrogens (primary N) is 2.